The molecule has 6 nitrogen and oxygen atoms in total. The number of fused-ring (bicyclic) bond motifs is 1. The van der Waals surface area contributed by atoms with Gasteiger partial charge < -0.3 is 9.72 Å². The smallest absolute Gasteiger partial charge is 0.255 e. The fraction of sp³-hybridized carbons (Fsp3) is 0.250. The Morgan fingerprint density at radius 1 is 1.30 bits per heavy atom. The number of aromatic amines is 1. The molecule has 138 valence electrons. The molecule has 0 atom stereocenters. The van der Waals surface area contributed by atoms with E-state index in [2.05, 4.69) is 14.9 Å². The molecular weight excluding hydrogens is 364 g/mol. The van der Waals surface area contributed by atoms with Crippen molar-refractivity contribution in [3.8, 4) is 17.3 Å². The van der Waals surface area contributed by atoms with Crippen LogP contribution < -0.4 is 10.3 Å². The highest BCUT2D eigenvalue weighted by atomic mass is 35.5. The Hall–Kier alpha value is -2.70. The number of nitrogens with zero attached hydrogens (tertiary/aromatic N) is 3. The Bertz CT molecular complexity index is 1020. The molecule has 4 rings (SSSR count). The first-order valence-electron chi connectivity index (χ1n) is 8.72. The molecule has 0 saturated heterocycles. The Morgan fingerprint density at radius 2 is 2.11 bits per heavy atom. The van der Waals surface area contributed by atoms with Crippen molar-refractivity contribution < 1.29 is 4.74 Å². The second-order valence-corrected chi connectivity index (χ2v) is 6.91. The molecule has 0 unspecified atom stereocenters. The van der Waals surface area contributed by atoms with Crippen LogP contribution in [-0.4, -0.2) is 33.5 Å². The van der Waals surface area contributed by atoms with Gasteiger partial charge in [0.2, 0.25) is 5.88 Å². The minimum atomic E-state index is -0.0746. The van der Waals surface area contributed by atoms with Gasteiger partial charge >= 0.3 is 0 Å². The van der Waals surface area contributed by atoms with Crippen LogP contribution in [0.3, 0.4) is 0 Å². The Balaban J connectivity index is 1.55. The maximum Gasteiger partial charge on any atom is 0.255 e. The van der Waals surface area contributed by atoms with E-state index in [0.717, 1.165) is 35.3 Å². The van der Waals surface area contributed by atoms with Gasteiger partial charge in [0, 0.05) is 37.8 Å². The lowest BCUT2D eigenvalue weighted by molar-refractivity contribution is 0.241. The summed E-state index contributed by atoms with van der Waals surface area (Å²) >= 11 is 6.16. The molecule has 0 saturated carbocycles. The number of halogens is 1. The zero-order valence-corrected chi connectivity index (χ0v) is 15.7. The van der Waals surface area contributed by atoms with Gasteiger partial charge in [-0.2, -0.15) is 0 Å². The van der Waals surface area contributed by atoms with Crippen molar-refractivity contribution in [2.75, 3.05) is 13.7 Å². The molecule has 0 radical (unpaired) electrons. The summed E-state index contributed by atoms with van der Waals surface area (Å²) in [4.78, 5) is 26.6. The van der Waals surface area contributed by atoms with E-state index in [-0.39, 0.29) is 5.56 Å². The highest BCUT2D eigenvalue weighted by molar-refractivity contribution is 6.31. The van der Waals surface area contributed by atoms with Gasteiger partial charge in [-0.3, -0.25) is 9.69 Å². The standard InChI is InChI=1S/C20H19ClN4O2/c1-27-20-16(21)9-13(10-22-20)11-25-8-7-17-15(12-25)19(26)24-18(23-17)14-5-3-2-4-6-14/h2-6,9-10H,7-8,11-12H2,1H3,(H,23,24,26). The Kier molecular flexibility index (Phi) is 4.92. The number of aromatic nitrogens is 3. The molecule has 0 spiro atoms. The summed E-state index contributed by atoms with van der Waals surface area (Å²) in [5.74, 6) is 1.04. The van der Waals surface area contributed by atoms with E-state index < -0.39 is 0 Å². The predicted molar refractivity (Wildman–Crippen MR) is 104 cm³/mol. The number of H-pyrrole nitrogens is 1. The van der Waals surface area contributed by atoms with Crippen molar-refractivity contribution in [2.24, 2.45) is 0 Å². The third kappa shape index (κ3) is 3.72. The number of rotatable bonds is 4. The van der Waals surface area contributed by atoms with E-state index in [1.165, 1.54) is 0 Å². The number of ether oxygens (including phenoxy) is 1. The quantitative estimate of drug-likeness (QED) is 0.750. The largest absolute Gasteiger partial charge is 0.480 e. The van der Waals surface area contributed by atoms with E-state index in [9.17, 15) is 4.79 Å². The van der Waals surface area contributed by atoms with Crippen molar-refractivity contribution >= 4 is 11.6 Å². The maximum absolute atomic E-state index is 12.6. The van der Waals surface area contributed by atoms with E-state index in [1.54, 1.807) is 13.3 Å². The first kappa shape index (κ1) is 17.7. The van der Waals surface area contributed by atoms with E-state index in [4.69, 9.17) is 21.3 Å². The van der Waals surface area contributed by atoms with Gasteiger partial charge in [0.1, 0.15) is 10.8 Å². The fourth-order valence-electron chi connectivity index (χ4n) is 3.31. The molecule has 1 aromatic carbocycles. The minimum Gasteiger partial charge on any atom is -0.480 e. The van der Waals surface area contributed by atoms with Crippen LogP contribution in [0.25, 0.3) is 11.4 Å². The van der Waals surface area contributed by atoms with E-state index in [0.29, 0.717) is 29.8 Å². The molecule has 2 aromatic heterocycles. The molecule has 0 amide bonds. The van der Waals surface area contributed by atoms with Gasteiger partial charge in [-0.25, -0.2) is 9.97 Å². The van der Waals surface area contributed by atoms with Crippen LogP contribution in [0, 0.1) is 0 Å². The van der Waals surface area contributed by atoms with Gasteiger partial charge in [0.05, 0.1) is 18.4 Å². The highest BCUT2D eigenvalue weighted by Gasteiger charge is 2.22. The summed E-state index contributed by atoms with van der Waals surface area (Å²) < 4.78 is 5.09. The fourth-order valence-corrected chi connectivity index (χ4v) is 3.57. The summed E-state index contributed by atoms with van der Waals surface area (Å²) in [7, 11) is 1.54. The summed E-state index contributed by atoms with van der Waals surface area (Å²) in [6, 6.07) is 11.6. The van der Waals surface area contributed by atoms with Gasteiger partial charge in [-0.15, -0.1) is 0 Å². The van der Waals surface area contributed by atoms with Crippen LogP contribution >= 0.6 is 11.6 Å². The number of hydrogen-bond donors (Lipinski definition) is 1. The summed E-state index contributed by atoms with van der Waals surface area (Å²) in [5.41, 5.74) is 3.43. The lowest BCUT2D eigenvalue weighted by Crippen LogP contribution is -2.35. The van der Waals surface area contributed by atoms with E-state index >= 15 is 0 Å². The molecule has 27 heavy (non-hydrogen) atoms. The average Bonchev–Trinajstić information content (AvgIpc) is 2.69. The molecule has 0 aliphatic carbocycles. The second-order valence-electron chi connectivity index (χ2n) is 6.50. The SMILES string of the molecule is COc1ncc(CN2CCc3nc(-c4ccccc4)[nH]c(=O)c3C2)cc1Cl. The second kappa shape index (κ2) is 7.50. The Labute approximate surface area is 161 Å². The zero-order valence-electron chi connectivity index (χ0n) is 14.9. The van der Waals surface area contributed by atoms with Gasteiger partial charge in [-0.1, -0.05) is 41.9 Å². The number of nitrogens with one attached hydrogen (secondary N) is 1. The maximum atomic E-state index is 12.6. The van der Waals surface area contributed by atoms with Crippen molar-refractivity contribution in [2.45, 2.75) is 19.5 Å². The third-order valence-corrected chi connectivity index (χ3v) is 4.93. The van der Waals surface area contributed by atoms with Crippen LogP contribution in [0.15, 0.2) is 47.4 Å². The first-order valence-corrected chi connectivity index (χ1v) is 9.10. The number of methoxy groups -OCH3 is 1. The van der Waals surface area contributed by atoms with Crippen LogP contribution in [0.1, 0.15) is 16.8 Å². The Morgan fingerprint density at radius 3 is 2.85 bits per heavy atom. The van der Waals surface area contributed by atoms with Gasteiger partial charge in [0.25, 0.3) is 5.56 Å². The van der Waals surface area contributed by atoms with Gasteiger partial charge in [0.15, 0.2) is 0 Å². The normalized spacial score (nSPS) is 14.0. The topological polar surface area (TPSA) is 71.1 Å². The van der Waals surface area contributed by atoms with Crippen LogP contribution in [0.2, 0.25) is 5.02 Å². The number of pyridine rings is 1. The summed E-state index contributed by atoms with van der Waals surface area (Å²) in [6.07, 6.45) is 2.48. The molecule has 1 aliphatic heterocycles. The van der Waals surface area contributed by atoms with Crippen molar-refractivity contribution in [1.82, 2.24) is 19.9 Å². The molecule has 0 fully saturated rings. The molecule has 7 heteroatoms. The minimum absolute atomic E-state index is 0.0746. The van der Waals surface area contributed by atoms with E-state index in [1.807, 2.05) is 36.4 Å². The van der Waals surface area contributed by atoms with Crippen LogP contribution in [0.5, 0.6) is 5.88 Å². The number of benzene rings is 1. The zero-order chi connectivity index (χ0) is 18.8. The average molecular weight is 383 g/mol. The molecule has 3 heterocycles. The predicted octanol–water partition coefficient (Wildman–Crippen LogP) is 3.05. The summed E-state index contributed by atoms with van der Waals surface area (Å²) in [5, 5.41) is 0.486. The van der Waals surface area contributed by atoms with Gasteiger partial charge in [-0.05, 0) is 11.6 Å². The van der Waals surface area contributed by atoms with Crippen LogP contribution in [-0.2, 0) is 19.5 Å². The van der Waals surface area contributed by atoms with Crippen molar-refractivity contribution in [3.05, 3.63) is 74.8 Å². The monoisotopic (exact) mass is 382 g/mol. The third-order valence-electron chi connectivity index (χ3n) is 4.66. The molecule has 1 aliphatic rings. The molecule has 1 N–H and O–H groups in total. The summed E-state index contributed by atoms with van der Waals surface area (Å²) in [6.45, 7) is 2.04. The van der Waals surface area contributed by atoms with Crippen LogP contribution in [0.4, 0.5) is 0 Å². The lowest BCUT2D eigenvalue weighted by Gasteiger charge is -2.27. The van der Waals surface area contributed by atoms with Crippen molar-refractivity contribution in [1.29, 1.82) is 0 Å². The molecule has 0 bridgehead atoms. The molecular formula is C20H19ClN4O2. The lowest BCUT2D eigenvalue weighted by atomic mass is 10.1. The first-order chi connectivity index (χ1) is 13.1. The highest BCUT2D eigenvalue weighted by Crippen LogP contribution is 2.24. The van der Waals surface area contributed by atoms with Crippen molar-refractivity contribution in [3.63, 3.8) is 0 Å². The molecule has 3 aromatic rings. The number of hydrogen-bond acceptors (Lipinski definition) is 5.